The van der Waals surface area contributed by atoms with Gasteiger partial charge in [-0.25, -0.2) is 9.18 Å². The van der Waals surface area contributed by atoms with Crippen LogP contribution >= 0.6 is 23.2 Å². The lowest BCUT2D eigenvalue weighted by molar-refractivity contribution is 0.0527. The molecule has 0 unspecified atom stereocenters. The summed E-state index contributed by atoms with van der Waals surface area (Å²) in [4.78, 5) is 29.5. The average molecular weight is 436 g/mol. The van der Waals surface area contributed by atoms with Crippen molar-refractivity contribution in [3.05, 3.63) is 73.9 Å². The van der Waals surface area contributed by atoms with E-state index in [0.29, 0.717) is 27.2 Å². The minimum Gasteiger partial charge on any atom is -0.373 e. The number of likely N-dealkylation sites (N-methyl/N-ethyl adjacent to an activating group) is 1. The molecule has 1 aromatic heterocycles. The first-order chi connectivity index (χ1) is 13.8. The second-order valence-electron chi connectivity index (χ2n) is 6.74. The molecule has 9 heteroatoms. The minimum absolute atomic E-state index is 0.0859. The van der Waals surface area contributed by atoms with Crippen LogP contribution in [0.3, 0.4) is 0 Å². The Kier molecular flexibility index (Phi) is 5.21. The smallest absolute Gasteiger partial charge is 0.322 e. The van der Waals surface area contributed by atoms with Gasteiger partial charge in [0.2, 0.25) is 0 Å². The van der Waals surface area contributed by atoms with Gasteiger partial charge in [0.15, 0.2) is 0 Å². The van der Waals surface area contributed by atoms with Crippen molar-refractivity contribution in [2.45, 2.75) is 12.6 Å². The van der Waals surface area contributed by atoms with Crippen LogP contribution in [0.5, 0.6) is 0 Å². The molecule has 150 valence electrons. The Bertz CT molecular complexity index is 1180. The molecule has 2 aromatic carbocycles. The molecule has 1 aliphatic rings. The summed E-state index contributed by atoms with van der Waals surface area (Å²) in [5.74, 6) is -0.568. The zero-order chi connectivity index (χ0) is 20.7. The largest absolute Gasteiger partial charge is 0.373 e. The molecule has 2 amide bonds. The van der Waals surface area contributed by atoms with Crippen LogP contribution in [0.1, 0.15) is 17.3 Å². The fourth-order valence-corrected chi connectivity index (χ4v) is 3.81. The highest BCUT2D eigenvalue weighted by Crippen LogP contribution is 2.34. The molecule has 29 heavy (non-hydrogen) atoms. The topological polar surface area (TPSA) is 74.4 Å². The molecule has 0 aliphatic carbocycles. The van der Waals surface area contributed by atoms with E-state index in [1.54, 1.807) is 25.2 Å². The normalized spacial score (nSPS) is 15.8. The number of fused-ring (bicyclic) bond motifs is 3. The number of nitrogens with zero attached hydrogens (tertiary/aromatic N) is 1. The lowest BCUT2D eigenvalue weighted by Crippen LogP contribution is -2.39. The van der Waals surface area contributed by atoms with E-state index in [2.05, 4.69) is 10.3 Å². The molecule has 2 N–H and O–H groups in total. The maximum absolute atomic E-state index is 13.4. The summed E-state index contributed by atoms with van der Waals surface area (Å²) < 4.78 is 19.0. The van der Waals surface area contributed by atoms with Crippen LogP contribution in [-0.2, 0) is 11.3 Å². The van der Waals surface area contributed by atoms with Crippen molar-refractivity contribution < 1.29 is 13.9 Å². The predicted molar refractivity (Wildman–Crippen MR) is 110 cm³/mol. The molecule has 0 saturated carbocycles. The summed E-state index contributed by atoms with van der Waals surface area (Å²) >= 11 is 11.8. The SMILES string of the molecule is CN(C(=O)Nc1ccc(F)c(Cl)c1)[C@H]1COCc2[nH]c(=O)c3cc(Cl)ccc3c21. The fraction of sp³-hybridized carbons (Fsp3) is 0.200. The third kappa shape index (κ3) is 3.69. The van der Waals surface area contributed by atoms with Crippen molar-refractivity contribution in [3.8, 4) is 0 Å². The number of rotatable bonds is 2. The molecule has 0 radical (unpaired) electrons. The van der Waals surface area contributed by atoms with Gasteiger partial charge in [-0.15, -0.1) is 0 Å². The number of nitrogens with one attached hydrogen (secondary N) is 2. The van der Waals surface area contributed by atoms with Crippen LogP contribution in [0.25, 0.3) is 10.8 Å². The number of benzene rings is 2. The highest BCUT2D eigenvalue weighted by molar-refractivity contribution is 6.31. The number of urea groups is 1. The Morgan fingerprint density at radius 1 is 1.24 bits per heavy atom. The Balaban J connectivity index is 1.70. The lowest BCUT2D eigenvalue weighted by Gasteiger charge is -2.33. The van der Waals surface area contributed by atoms with Gasteiger partial charge in [-0.1, -0.05) is 29.3 Å². The van der Waals surface area contributed by atoms with Crippen LogP contribution in [0, 0.1) is 5.82 Å². The third-order valence-electron chi connectivity index (χ3n) is 4.92. The molecular formula is C20H16Cl2FN3O3. The molecule has 4 rings (SSSR count). The van der Waals surface area contributed by atoms with Crippen LogP contribution in [-0.4, -0.2) is 29.6 Å². The number of aromatic amines is 1. The number of pyridine rings is 1. The van der Waals surface area contributed by atoms with Gasteiger partial charge in [-0.05, 0) is 35.7 Å². The van der Waals surface area contributed by atoms with Crippen molar-refractivity contribution in [3.63, 3.8) is 0 Å². The number of anilines is 1. The Morgan fingerprint density at radius 3 is 2.79 bits per heavy atom. The zero-order valence-corrected chi connectivity index (χ0v) is 16.8. The summed E-state index contributed by atoms with van der Waals surface area (Å²) in [7, 11) is 1.62. The third-order valence-corrected chi connectivity index (χ3v) is 5.44. The van der Waals surface area contributed by atoms with Crippen molar-refractivity contribution in [1.82, 2.24) is 9.88 Å². The molecule has 6 nitrogen and oxygen atoms in total. The number of carbonyl (C=O) groups is 1. The molecule has 0 bridgehead atoms. The van der Waals surface area contributed by atoms with Gasteiger partial charge in [0, 0.05) is 34.4 Å². The van der Waals surface area contributed by atoms with E-state index in [9.17, 15) is 14.0 Å². The second-order valence-corrected chi connectivity index (χ2v) is 7.58. The monoisotopic (exact) mass is 435 g/mol. The van der Waals surface area contributed by atoms with E-state index in [4.69, 9.17) is 27.9 Å². The fourth-order valence-electron chi connectivity index (χ4n) is 3.46. The van der Waals surface area contributed by atoms with Crippen LogP contribution in [0.4, 0.5) is 14.9 Å². The molecule has 3 aromatic rings. The quantitative estimate of drug-likeness (QED) is 0.611. The molecule has 2 heterocycles. The highest BCUT2D eigenvalue weighted by atomic mass is 35.5. The first-order valence-corrected chi connectivity index (χ1v) is 9.51. The molecule has 1 atom stereocenters. The van der Waals surface area contributed by atoms with E-state index < -0.39 is 17.9 Å². The number of hydrogen-bond donors (Lipinski definition) is 2. The van der Waals surface area contributed by atoms with Crippen molar-refractivity contribution >= 4 is 45.7 Å². The van der Waals surface area contributed by atoms with E-state index in [1.165, 1.54) is 23.1 Å². The predicted octanol–water partition coefficient (Wildman–Crippen LogP) is 4.71. The van der Waals surface area contributed by atoms with Crippen molar-refractivity contribution in [2.24, 2.45) is 0 Å². The molecule has 0 spiro atoms. The standard InChI is InChI=1S/C20H16Cl2FN3O3/c1-26(20(28)24-11-3-5-15(23)14(22)7-11)17-9-29-8-16-18(17)12-4-2-10(21)6-13(12)19(27)25-16/h2-7,17H,8-9H2,1H3,(H,24,28)(H,25,27)/t17-/m0/s1. The second kappa shape index (κ2) is 7.67. The Labute approximate surface area is 175 Å². The number of amides is 2. The number of carbonyl (C=O) groups excluding carboxylic acids is 1. The maximum atomic E-state index is 13.4. The van der Waals surface area contributed by atoms with Crippen LogP contribution in [0.2, 0.25) is 10.0 Å². The van der Waals surface area contributed by atoms with Gasteiger partial charge in [-0.3, -0.25) is 4.79 Å². The summed E-state index contributed by atoms with van der Waals surface area (Å²) in [6.45, 7) is 0.494. The van der Waals surface area contributed by atoms with E-state index in [0.717, 1.165) is 5.56 Å². The highest BCUT2D eigenvalue weighted by Gasteiger charge is 2.30. The minimum atomic E-state index is -0.568. The van der Waals surface area contributed by atoms with Gasteiger partial charge in [0.25, 0.3) is 5.56 Å². The molecule has 0 saturated heterocycles. The Morgan fingerprint density at radius 2 is 2.03 bits per heavy atom. The zero-order valence-electron chi connectivity index (χ0n) is 15.3. The summed E-state index contributed by atoms with van der Waals surface area (Å²) in [5.41, 5.74) is 1.52. The van der Waals surface area contributed by atoms with Crippen LogP contribution < -0.4 is 10.9 Å². The summed E-state index contributed by atoms with van der Waals surface area (Å²) in [6.07, 6.45) is 0. The summed E-state index contributed by atoms with van der Waals surface area (Å²) in [6, 6.07) is 8.14. The van der Waals surface area contributed by atoms with Crippen molar-refractivity contribution in [2.75, 3.05) is 19.0 Å². The van der Waals surface area contributed by atoms with Crippen molar-refractivity contribution in [1.29, 1.82) is 0 Å². The Hall–Kier alpha value is -2.61. The first-order valence-electron chi connectivity index (χ1n) is 8.76. The van der Waals surface area contributed by atoms with E-state index in [1.807, 2.05) is 0 Å². The number of hydrogen-bond acceptors (Lipinski definition) is 3. The van der Waals surface area contributed by atoms with E-state index in [-0.39, 0.29) is 23.8 Å². The molecular weight excluding hydrogens is 420 g/mol. The first kappa shape index (κ1) is 19.7. The maximum Gasteiger partial charge on any atom is 0.322 e. The van der Waals surface area contributed by atoms with Crippen LogP contribution in [0.15, 0.2) is 41.2 Å². The molecule has 0 fully saturated rings. The average Bonchev–Trinajstić information content (AvgIpc) is 2.70. The number of ether oxygens (including phenoxy) is 1. The molecule has 1 aliphatic heterocycles. The van der Waals surface area contributed by atoms with Gasteiger partial charge in [0.1, 0.15) is 5.82 Å². The summed E-state index contributed by atoms with van der Waals surface area (Å²) in [5, 5.41) is 4.22. The number of aromatic nitrogens is 1. The number of halogens is 3. The van der Waals surface area contributed by atoms with Gasteiger partial charge in [0.05, 0.1) is 24.3 Å². The lowest BCUT2D eigenvalue weighted by atomic mass is 9.96. The van der Waals surface area contributed by atoms with Gasteiger partial charge in [-0.2, -0.15) is 0 Å². The van der Waals surface area contributed by atoms with Gasteiger partial charge < -0.3 is 19.9 Å². The number of H-pyrrole nitrogens is 1. The van der Waals surface area contributed by atoms with E-state index >= 15 is 0 Å². The van der Waals surface area contributed by atoms with Gasteiger partial charge >= 0.3 is 6.03 Å².